The number of aromatic hydroxyl groups is 1. The summed E-state index contributed by atoms with van der Waals surface area (Å²) < 4.78 is 16.0. The van der Waals surface area contributed by atoms with Gasteiger partial charge in [0.15, 0.2) is 5.76 Å². The average Bonchev–Trinajstić information content (AvgIpc) is 2.70. The second-order valence-corrected chi connectivity index (χ2v) is 6.30. The summed E-state index contributed by atoms with van der Waals surface area (Å²) >= 11 is 0. The molecule has 1 aliphatic rings. The quantitative estimate of drug-likeness (QED) is 0.754. The smallest absolute Gasteiger partial charge is 0.306 e. The fourth-order valence-electron chi connectivity index (χ4n) is 3.04. The van der Waals surface area contributed by atoms with Gasteiger partial charge in [-0.15, -0.1) is 0 Å². The zero-order valence-electron chi connectivity index (χ0n) is 15.1. The lowest BCUT2D eigenvalue weighted by Crippen LogP contribution is -2.35. The van der Waals surface area contributed by atoms with Crippen LogP contribution in [0.5, 0.6) is 5.75 Å². The van der Waals surface area contributed by atoms with Crippen molar-refractivity contribution in [1.82, 2.24) is 9.88 Å². The molecule has 1 saturated heterocycles. The van der Waals surface area contributed by atoms with Gasteiger partial charge in [0.25, 0.3) is 0 Å². The minimum Gasteiger partial charge on any atom is -0.502 e. The lowest BCUT2D eigenvalue weighted by atomic mass is 9.93. The maximum atomic E-state index is 12.3. The number of hydrogen-bond acceptors (Lipinski definition) is 8. The van der Waals surface area contributed by atoms with E-state index in [0.717, 1.165) is 13.1 Å². The van der Waals surface area contributed by atoms with Gasteiger partial charge >= 0.3 is 5.97 Å². The lowest BCUT2D eigenvalue weighted by Gasteiger charge is -2.26. The number of esters is 1. The Morgan fingerprint density at radius 1 is 1.41 bits per heavy atom. The van der Waals surface area contributed by atoms with Crippen molar-refractivity contribution in [2.24, 2.45) is 0 Å². The molecule has 1 N–H and O–H groups in total. The molecular weight excluding hydrogens is 352 g/mol. The molecule has 8 heteroatoms. The SMILES string of the molecule is COC(=O)CC(c1cccnc1)c1oc(CN2CCOCC2)cc(=O)c1O. The minimum absolute atomic E-state index is 0.0455. The summed E-state index contributed by atoms with van der Waals surface area (Å²) in [6, 6.07) is 4.76. The lowest BCUT2D eigenvalue weighted by molar-refractivity contribution is -0.140. The summed E-state index contributed by atoms with van der Waals surface area (Å²) in [7, 11) is 1.29. The maximum absolute atomic E-state index is 12.3. The number of rotatable bonds is 6. The largest absolute Gasteiger partial charge is 0.502 e. The van der Waals surface area contributed by atoms with Crippen LogP contribution in [0.25, 0.3) is 0 Å². The van der Waals surface area contributed by atoms with Gasteiger partial charge < -0.3 is 19.0 Å². The molecular formula is C19H22N2O6. The van der Waals surface area contributed by atoms with E-state index in [1.54, 1.807) is 24.5 Å². The van der Waals surface area contributed by atoms with E-state index in [1.165, 1.54) is 13.2 Å². The molecule has 0 bridgehead atoms. The second kappa shape index (κ2) is 8.79. The molecule has 1 aliphatic heterocycles. The van der Waals surface area contributed by atoms with Crippen molar-refractivity contribution in [3.05, 3.63) is 57.9 Å². The number of carbonyl (C=O) groups is 1. The molecule has 144 valence electrons. The Bertz CT molecular complexity index is 830. The van der Waals surface area contributed by atoms with Crippen LogP contribution in [0.4, 0.5) is 0 Å². The maximum Gasteiger partial charge on any atom is 0.306 e. The van der Waals surface area contributed by atoms with Crippen LogP contribution in [0.15, 0.2) is 39.8 Å². The summed E-state index contributed by atoms with van der Waals surface area (Å²) in [5.41, 5.74) is 0.100. The van der Waals surface area contributed by atoms with E-state index in [2.05, 4.69) is 9.88 Å². The highest BCUT2D eigenvalue weighted by atomic mass is 16.5. The highest BCUT2D eigenvalue weighted by molar-refractivity contribution is 5.71. The number of hydrogen-bond donors (Lipinski definition) is 1. The predicted octanol–water partition coefficient (Wildman–Crippen LogP) is 1.27. The second-order valence-electron chi connectivity index (χ2n) is 6.30. The fourth-order valence-corrected chi connectivity index (χ4v) is 3.04. The number of nitrogens with zero attached hydrogens (tertiary/aromatic N) is 2. The van der Waals surface area contributed by atoms with E-state index in [4.69, 9.17) is 13.9 Å². The Kier molecular flexibility index (Phi) is 6.20. The van der Waals surface area contributed by atoms with Gasteiger partial charge in [-0.05, 0) is 11.6 Å². The van der Waals surface area contributed by atoms with Gasteiger partial charge in [0, 0.05) is 31.5 Å². The fraction of sp³-hybridized carbons (Fsp3) is 0.421. The molecule has 0 amide bonds. The number of methoxy groups -OCH3 is 1. The van der Waals surface area contributed by atoms with Crippen LogP contribution in [0.1, 0.15) is 29.4 Å². The van der Waals surface area contributed by atoms with Crippen LogP contribution in [-0.2, 0) is 20.8 Å². The van der Waals surface area contributed by atoms with E-state index < -0.39 is 23.1 Å². The molecule has 0 radical (unpaired) electrons. The van der Waals surface area contributed by atoms with Gasteiger partial charge in [-0.1, -0.05) is 6.07 Å². The summed E-state index contributed by atoms with van der Waals surface area (Å²) in [5, 5.41) is 10.3. The van der Waals surface area contributed by atoms with Gasteiger partial charge in [0.05, 0.1) is 39.2 Å². The molecule has 1 atom stereocenters. The van der Waals surface area contributed by atoms with Gasteiger partial charge in [0.1, 0.15) is 5.76 Å². The van der Waals surface area contributed by atoms with Crippen molar-refractivity contribution in [2.45, 2.75) is 18.9 Å². The first-order chi connectivity index (χ1) is 13.1. The normalized spacial score (nSPS) is 16.0. The third kappa shape index (κ3) is 4.72. The molecule has 2 aromatic rings. The Labute approximate surface area is 156 Å². The van der Waals surface area contributed by atoms with Crippen LogP contribution in [0, 0.1) is 0 Å². The highest BCUT2D eigenvalue weighted by Crippen LogP contribution is 2.33. The molecule has 27 heavy (non-hydrogen) atoms. The molecule has 1 fully saturated rings. The van der Waals surface area contributed by atoms with Crippen molar-refractivity contribution in [3.63, 3.8) is 0 Å². The molecule has 1 unspecified atom stereocenters. The van der Waals surface area contributed by atoms with Crippen LogP contribution in [0.2, 0.25) is 0 Å². The highest BCUT2D eigenvalue weighted by Gasteiger charge is 2.27. The summed E-state index contributed by atoms with van der Waals surface area (Å²) in [6.45, 7) is 3.12. The standard InChI is InChI=1S/C19H22N2O6/c1-25-17(23)10-15(13-3-2-4-20-11-13)19-18(24)16(22)9-14(27-19)12-21-5-7-26-8-6-21/h2-4,9,11,15,24H,5-8,10,12H2,1H3. The first-order valence-electron chi connectivity index (χ1n) is 8.71. The van der Waals surface area contributed by atoms with E-state index in [1.807, 2.05) is 0 Å². The van der Waals surface area contributed by atoms with Crippen molar-refractivity contribution in [1.29, 1.82) is 0 Å². The Morgan fingerprint density at radius 3 is 2.85 bits per heavy atom. The Balaban J connectivity index is 1.97. The van der Waals surface area contributed by atoms with Gasteiger partial charge in [-0.2, -0.15) is 0 Å². The molecule has 0 spiro atoms. The first kappa shape index (κ1) is 19.1. The molecule has 0 aromatic carbocycles. The van der Waals surface area contributed by atoms with E-state index in [-0.39, 0.29) is 12.2 Å². The summed E-state index contributed by atoms with van der Waals surface area (Å²) in [5.74, 6) is -1.19. The van der Waals surface area contributed by atoms with Crippen LogP contribution < -0.4 is 5.43 Å². The molecule has 8 nitrogen and oxygen atoms in total. The van der Waals surface area contributed by atoms with Gasteiger partial charge in [0.2, 0.25) is 11.2 Å². The van der Waals surface area contributed by atoms with E-state index in [9.17, 15) is 14.7 Å². The number of aromatic nitrogens is 1. The Morgan fingerprint density at radius 2 is 2.19 bits per heavy atom. The third-order valence-electron chi connectivity index (χ3n) is 4.48. The van der Waals surface area contributed by atoms with Gasteiger partial charge in [-0.3, -0.25) is 19.5 Å². The van der Waals surface area contributed by atoms with E-state index in [0.29, 0.717) is 31.1 Å². The number of pyridine rings is 1. The van der Waals surface area contributed by atoms with E-state index >= 15 is 0 Å². The van der Waals surface area contributed by atoms with Crippen molar-refractivity contribution < 1.29 is 23.8 Å². The van der Waals surface area contributed by atoms with Crippen LogP contribution in [-0.4, -0.2) is 54.4 Å². The number of morpholine rings is 1. The summed E-state index contributed by atoms with van der Waals surface area (Å²) in [6.07, 6.45) is 3.09. The number of ether oxygens (including phenoxy) is 2. The van der Waals surface area contributed by atoms with Gasteiger partial charge in [-0.25, -0.2) is 0 Å². The first-order valence-corrected chi connectivity index (χ1v) is 8.71. The predicted molar refractivity (Wildman–Crippen MR) is 95.5 cm³/mol. The number of carbonyl (C=O) groups excluding carboxylic acids is 1. The average molecular weight is 374 g/mol. The zero-order valence-corrected chi connectivity index (χ0v) is 15.1. The van der Waals surface area contributed by atoms with Crippen LogP contribution in [0.3, 0.4) is 0 Å². The third-order valence-corrected chi connectivity index (χ3v) is 4.48. The summed E-state index contributed by atoms with van der Waals surface area (Å²) in [4.78, 5) is 30.4. The molecule has 0 aliphatic carbocycles. The van der Waals surface area contributed by atoms with Crippen molar-refractivity contribution in [3.8, 4) is 5.75 Å². The zero-order chi connectivity index (χ0) is 19.2. The van der Waals surface area contributed by atoms with Crippen molar-refractivity contribution >= 4 is 5.97 Å². The Hall–Kier alpha value is -2.71. The topological polar surface area (TPSA) is 102 Å². The van der Waals surface area contributed by atoms with Crippen molar-refractivity contribution in [2.75, 3.05) is 33.4 Å². The molecule has 0 saturated carbocycles. The minimum atomic E-state index is -0.677. The monoisotopic (exact) mass is 374 g/mol. The molecule has 3 heterocycles. The van der Waals surface area contributed by atoms with Crippen LogP contribution >= 0.6 is 0 Å². The molecule has 2 aromatic heterocycles. The molecule has 3 rings (SSSR count).